The molecule has 2 rings (SSSR count). The maximum Gasteiger partial charge on any atom is 0.0337 e. The molecule has 1 saturated carbocycles. The fraction of sp³-hybridized carbons (Fsp3) is 0.706. The van der Waals surface area contributed by atoms with Crippen molar-refractivity contribution in [3.63, 3.8) is 0 Å². The summed E-state index contributed by atoms with van der Waals surface area (Å²) in [7, 11) is 0. The Labute approximate surface area is 123 Å². The third kappa shape index (κ3) is 3.39. The molecule has 0 saturated heterocycles. The van der Waals surface area contributed by atoms with Crippen molar-refractivity contribution < 1.29 is 0 Å². The molecular weight excluding hydrogens is 246 g/mol. The van der Waals surface area contributed by atoms with Gasteiger partial charge >= 0.3 is 0 Å². The van der Waals surface area contributed by atoms with E-state index in [-0.39, 0.29) is 5.54 Å². The van der Waals surface area contributed by atoms with E-state index in [4.69, 9.17) is 5.73 Å². The van der Waals surface area contributed by atoms with Crippen LogP contribution in [0.5, 0.6) is 0 Å². The van der Waals surface area contributed by atoms with E-state index in [0.717, 1.165) is 25.6 Å². The zero-order valence-electron chi connectivity index (χ0n) is 13.2. The fourth-order valence-electron chi connectivity index (χ4n) is 3.77. The van der Waals surface area contributed by atoms with Gasteiger partial charge in [0.25, 0.3) is 0 Å². The Balaban J connectivity index is 2.17. The molecule has 1 aromatic heterocycles. The molecule has 1 aromatic rings. The number of aromatic nitrogens is 1. The van der Waals surface area contributed by atoms with Crippen LogP contribution < -0.4 is 5.73 Å². The summed E-state index contributed by atoms with van der Waals surface area (Å²) >= 11 is 0. The van der Waals surface area contributed by atoms with Crippen molar-refractivity contribution >= 4 is 0 Å². The van der Waals surface area contributed by atoms with Crippen LogP contribution in [0, 0.1) is 12.8 Å². The van der Waals surface area contributed by atoms with E-state index >= 15 is 0 Å². The van der Waals surface area contributed by atoms with Gasteiger partial charge in [0, 0.05) is 31.0 Å². The van der Waals surface area contributed by atoms with Crippen LogP contribution >= 0.6 is 0 Å². The number of pyridine rings is 1. The number of hydrogen-bond acceptors (Lipinski definition) is 3. The highest BCUT2D eigenvalue weighted by Gasteiger charge is 2.38. The molecule has 3 nitrogen and oxygen atoms in total. The van der Waals surface area contributed by atoms with Gasteiger partial charge in [0.1, 0.15) is 0 Å². The Bertz CT molecular complexity index is 432. The van der Waals surface area contributed by atoms with E-state index < -0.39 is 0 Å². The van der Waals surface area contributed by atoms with Crippen molar-refractivity contribution in [2.45, 2.75) is 58.5 Å². The lowest BCUT2D eigenvalue weighted by Crippen LogP contribution is -2.55. The first-order chi connectivity index (χ1) is 9.59. The van der Waals surface area contributed by atoms with Crippen molar-refractivity contribution in [3.05, 3.63) is 29.6 Å². The van der Waals surface area contributed by atoms with Crippen molar-refractivity contribution in [3.8, 4) is 0 Å². The van der Waals surface area contributed by atoms with Crippen LogP contribution in [-0.2, 0) is 6.54 Å². The number of likely N-dealkylation sites (N-methyl/N-ethyl adjacent to an activating group) is 1. The Hall–Kier alpha value is -0.930. The molecule has 1 heterocycles. The number of rotatable bonds is 5. The SMILES string of the molecule is CCN(Cc1cncc(C)c1)C1(CN)CCCC(C)C1. The quantitative estimate of drug-likeness (QED) is 0.897. The second-order valence-corrected chi connectivity index (χ2v) is 6.51. The topological polar surface area (TPSA) is 42.2 Å². The standard InChI is InChI=1S/C17H29N3/c1-4-20(12-16-8-15(3)10-19-11-16)17(13-18)7-5-6-14(2)9-17/h8,10-11,14H,4-7,9,12-13,18H2,1-3H3. The summed E-state index contributed by atoms with van der Waals surface area (Å²) in [5.74, 6) is 0.789. The third-order valence-electron chi connectivity index (χ3n) is 4.81. The molecular formula is C17H29N3. The second-order valence-electron chi connectivity index (χ2n) is 6.51. The van der Waals surface area contributed by atoms with Crippen molar-refractivity contribution in [2.24, 2.45) is 11.7 Å². The minimum Gasteiger partial charge on any atom is -0.329 e. The molecule has 112 valence electrons. The van der Waals surface area contributed by atoms with E-state index in [2.05, 4.69) is 36.7 Å². The highest BCUT2D eigenvalue weighted by atomic mass is 15.2. The van der Waals surface area contributed by atoms with E-state index in [1.54, 1.807) is 0 Å². The van der Waals surface area contributed by atoms with Gasteiger partial charge in [-0.25, -0.2) is 0 Å². The molecule has 1 fully saturated rings. The molecule has 20 heavy (non-hydrogen) atoms. The van der Waals surface area contributed by atoms with Crippen molar-refractivity contribution in [1.82, 2.24) is 9.88 Å². The average molecular weight is 275 g/mol. The number of aryl methyl sites for hydroxylation is 1. The predicted octanol–water partition coefficient (Wildman–Crippen LogP) is 3.12. The van der Waals surface area contributed by atoms with Crippen LogP contribution in [0.1, 0.15) is 50.7 Å². The lowest BCUT2D eigenvalue weighted by Gasteiger charge is -2.47. The van der Waals surface area contributed by atoms with Gasteiger partial charge in [0.05, 0.1) is 0 Å². The van der Waals surface area contributed by atoms with Gasteiger partial charge in [-0.1, -0.05) is 32.8 Å². The highest BCUT2D eigenvalue weighted by molar-refractivity contribution is 5.17. The van der Waals surface area contributed by atoms with E-state index in [1.807, 2.05) is 12.4 Å². The molecule has 0 spiro atoms. The first-order valence-corrected chi connectivity index (χ1v) is 7.95. The lowest BCUT2D eigenvalue weighted by molar-refractivity contribution is 0.0366. The molecule has 0 radical (unpaired) electrons. The largest absolute Gasteiger partial charge is 0.329 e. The molecule has 0 aliphatic heterocycles. The van der Waals surface area contributed by atoms with Gasteiger partial charge in [-0.15, -0.1) is 0 Å². The Morgan fingerprint density at radius 2 is 2.25 bits per heavy atom. The molecule has 0 aromatic carbocycles. The third-order valence-corrected chi connectivity index (χ3v) is 4.81. The van der Waals surface area contributed by atoms with Gasteiger partial charge in [0.15, 0.2) is 0 Å². The molecule has 1 aliphatic rings. The first-order valence-electron chi connectivity index (χ1n) is 7.95. The Morgan fingerprint density at radius 1 is 1.45 bits per heavy atom. The summed E-state index contributed by atoms with van der Waals surface area (Å²) in [6, 6.07) is 2.24. The van der Waals surface area contributed by atoms with Crippen LogP contribution in [0.15, 0.2) is 18.5 Å². The van der Waals surface area contributed by atoms with Crippen LogP contribution in [0.4, 0.5) is 0 Å². The summed E-state index contributed by atoms with van der Waals surface area (Å²) in [6.07, 6.45) is 9.04. The van der Waals surface area contributed by atoms with Gasteiger partial charge in [-0.2, -0.15) is 0 Å². The van der Waals surface area contributed by atoms with Crippen molar-refractivity contribution in [1.29, 1.82) is 0 Å². The monoisotopic (exact) mass is 275 g/mol. The minimum atomic E-state index is 0.191. The van der Waals surface area contributed by atoms with E-state index in [9.17, 15) is 0 Å². The summed E-state index contributed by atoms with van der Waals surface area (Å²) in [4.78, 5) is 6.90. The van der Waals surface area contributed by atoms with Crippen LogP contribution in [0.2, 0.25) is 0 Å². The van der Waals surface area contributed by atoms with Gasteiger partial charge in [-0.05, 0) is 43.4 Å². The van der Waals surface area contributed by atoms with E-state index in [1.165, 1.54) is 36.8 Å². The van der Waals surface area contributed by atoms with Crippen LogP contribution in [0.25, 0.3) is 0 Å². The normalized spacial score (nSPS) is 26.9. The molecule has 2 atom stereocenters. The maximum atomic E-state index is 6.20. The molecule has 3 heteroatoms. The van der Waals surface area contributed by atoms with Gasteiger partial charge < -0.3 is 5.73 Å². The predicted molar refractivity (Wildman–Crippen MR) is 84.5 cm³/mol. The summed E-state index contributed by atoms with van der Waals surface area (Å²) < 4.78 is 0. The number of nitrogens with two attached hydrogens (primary N) is 1. The maximum absolute atomic E-state index is 6.20. The lowest BCUT2D eigenvalue weighted by atomic mass is 9.75. The number of hydrogen-bond donors (Lipinski definition) is 1. The summed E-state index contributed by atoms with van der Waals surface area (Å²) in [5, 5.41) is 0. The molecule has 0 amide bonds. The number of nitrogens with zero attached hydrogens (tertiary/aromatic N) is 2. The van der Waals surface area contributed by atoms with E-state index in [0.29, 0.717) is 0 Å². The van der Waals surface area contributed by atoms with Crippen LogP contribution in [0.3, 0.4) is 0 Å². The molecule has 2 N–H and O–H groups in total. The average Bonchev–Trinajstić information content (AvgIpc) is 2.44. The fourth-order valence-corrected chi connectivity index (χ4v) is 3.77. The van der Waals surface area contributed by atoms with Crippen LogP contribution in [-0.4, -0.2) is 28.5 Å². The smallest absolute Gasteiger partial charge is 0.0337 e. The second kappa shape index (κ2) is 6.68. The summed E-state index contributed by atoms with van der Waals surface area (Å²) in [6.45, 7) is 9.51. The van der Waals surface area contributed by atoms with Gasteiger partial charge in [-0.3, -0.25) is 9.88 Å². The van der Waals surface area contributed by atoms with Gasteiger partial charge in [0.2, 0.25) is 0 Å². The Morgan fingerprint density at radius 3 is 2.85 bits per heavy atom. The van der Waals surface area contributed by atoms with Crippen molar-refractivity contribution in [2.75, 3.05) is 13.1 Å². The molecule has 0 bridgehead atoms. The molecule has 2 unspecified atom stereocenters. The minimum absolute atomic E-state index is 0.191. The highest BCUT2D eigenvalue weighted by Crippen LogP contribution is 2.36. The summed E-state index contributed by atoms with van der Waals surface area (Å²) in [5.41, 5.74) is 8.93. The first kappa shape index (κ1) is 15.5. The molecule has 1 aliphatic carbocycles. The zero-order valence-corrected chi connectivity index (χ0v) is 13.2. The zero-order chi connectivity index (χ0) is 14.6. The Kier molecular flexibility index (Phi) is 5.17.